The normalized spacial score (nSPS) is 15.2. The second-order valence-corrected chi connectivity index (χ2v) is 2.78. The van der Waals surface area contributed by atoms with Gasteiger partial charge in [-0.1, -0.05) is 0 Å². The van der Waals surface area contributed by atoms with Gasteiger partial charge in [-0.25, -0.2) is 0 Å². The second-order valence-electron chi connectivity index (χ2n) is 2.78. The van der Waals surface area contributed by atoms with Crippen LogP contribution in [-0.2, 0) is 9.59 Å². The van der Waals surface area contributed by atoms with Crippen molar-refractivity contribution in [3.63, 3.8) is 0 Å². The van der Waals surface area contributed by atoms with E-state index in [4.69, 9.17) is 5.73 Å². The molecule has 8 heteroatoms. The Morgan fingerprint density at radius 2 is 1.64 bits per heavy atom. The minimum atomic E-state index is -4.67. The lowest BCUT2D eigenvalue weighted by Crippen LogP contribution is -2.56. The molecular formula is C6H10ClF3N2O2. The van der Waals surface area contributed by atoms with Crippen LogP contribution in [0.3, 0.4) is 0 Å². The Kier molecular flexibility index (Phi) is 5.15. The predicted molar refractivity (Wildman–Crippen MR) is 44.7 cm³/mol. The van der Waals surface area contributed by atoms with Crippen molar-refractivity contribution in [3.8, 4) is 0 Å². The smallest absolute Gasteiger partial charge is 0.368 e. The Bertz CT molecular complexity index is 240. The Morgan fingerprint density at radius 1 is 1.29 bits per heavy atom. The standard InChI is InChI=1S/C6H9F3N2O2.ClH/c1-5(11,4(10)13)3(12)2-6(7,8)9;/h2,11H2,1H3,(H2,10,13);1H/t5-;/m0./s1. The molecule has 0 bridgehead atoms. The predicted octanol–water partition coefficient (Wildman–Crippen LogP) is 0.132. The van der Waals surface area contributed by atoms with E-state index >= 15 is 0 Å². The minimum absolute atomic E-state index is 0. The number of alkyl halides is 3. The van der Waals surface area contributed by atoms with Crippen molar-refractivity contribution in [2.75, 3.05) is 0 Å². The van der Waals surface area contributed by atoms with Gasteiger partial charge in [-0.05, 0) is 6.92 Å². The molecule has 0 spiro atoms. The lowest BCUT2D eigenvalue weighted by molar-refractivity contribution is -0.156. The van der Waals surface area contributed by atoms with Crippen LogP contribution < -0.4 is 11.5 Å². The summed E-state index contributed by atoms with van der Waals surface area (Å²) >= 11 is 0. The highest BCUT2D eigenvalue weighted by Crippen LogP contribution is 2.22. The zero-order valence-corrected chi connectivity index (χ0v) is 8.04. The van der Waals surface area contributed by atoms with E-state index < -0.39 is 29.8 Å². The van der Waals surface area contributed by atoms with E-state index in [2.05, 4.69) is 5.73 Å². The molecule has 0 heterocycles. The first-order valence-electron chi connectivity index (χ1n) is 3.26. The fourth-order valence-corrected chi connectivity index (χ4v) is 0.503. The molecule has 0 aromatic rings. The van der Waals surface area contributed by atoms with Gasteiger partial charge in [-0.2, -0.15) is 13.2 Å². The molecule has 4 N–H and O–H groups in total. The van der Waals surface area contributed by atoms with Crippen molar-refractivity contribution in [1.82, 2.24) is 0 Å². The summed E-state index contributed by atoms with van der Waals surface area (Å²) in [5, 5.41) is 0. The highest BCUT2D eigenvalue weighted by molar-refractivity contribution is 6.09. The number of halogens is 4. The number of Topliss-reactive ketones (excluding diaryl/α,β-unsaturated/α-hetero) is 1. The van der Waals surface area contributed by atoms with Gasteiger partial charge in [0, 0.05) is 0 Å². The van der Waals surface area contributed by atoms with E-state index in [-0.39, 0.29) is 12.4 Å². The number of rotatable bonds is 3. The first-order valence-corrected chi connectivity index (χ1v) is 3.26. The van der Waals surface area contributed by atoms with E-state index in [1.165, 1.54) is 0 Å². The fraction of sp³-hybridized carbons (Fsp3) is 0.667. The van der Waals surface area contributed by atoms with Gasteiger partial charge in [-0.3, -0.25) is 9.59 Å². The summed E-state index contributed by atoms with van der Waals surface area (Å²) in [7, 11) is 0. The molecule has 1 amide bonds. The molecule has 0 saturated heterocycles. The van der Waals surface area contributed by atoms with Gasteiger partial charge >= 0.3 is 6.18 Å². The van der Waals surface area contributed by atoms with Crippen molar-refractivity contribution >= 4 is 24.1 Å². The zero-order valence-electron chi connectivity index (χ0n) is 7.22. The third kappa shape index (κ3) is 4.43. The molecule has 0 rings (SSSR count). The third-order valence-corrected chi connectivity index (χ3v) is 1.45. The number of hydrogen-bond acceptors (Lipinski definition) is 3. The van der Waals surface area contributed by atoms with E-state index in [0.29, 0.717) is 0 Å². The average Bonchev–Trinajstić information content (AvgIpc) is 1.82. The Morgan fingerprint density at radius 3 is 1.86 bits per heavy atom. The monoisotopic (exact) mass is 234 g/mol. The van der Waals surface area contributed by atoms with Crippen LogP contribution in [0.15, 0.2) is 0 Å². The molecule has 4 nitrogen and oxygen atoms in total. The summed E-state index contributed by atoms with van der Waals surface area (Å²) in [6.45, 7) is 0.851. The molecule has 0 aromatic heterocycles. The Hall–Kier alpha value is -0.820. The first kappa shape index (κ1) is 15.6. The van der Waals surface area contributed by atoms with Crippen LogP contribution in [0, 0.1) is 0 Å². The summed E-state index contributed by atoms with van der Waals surface area (Å²) in [6.07, 6.45) is -6.42. The molecule has 0 saturated carbocycles. The van der Waals surface area contributed by atoms with Gasteiger partial charge in [0.1, 0.15) is 6.42 Å². The lowest BCUT2D eigenvalue weighted by Gasteiger charge is -2.19. The summed E-state index contributed by atoms with van der Waals surface area (Å²) in [6, 6.07) is 0. The van der Waals surface area contributed by atoms with Crippen LogP contribution >= 0.6 is 12.4 Å². The van der Waals surface area contributed by atoms with E-state index in [9.17, 15) is 22.8 Å². The number of nitrogens with two attached hydrogens (primary N) is 2. The Balaban J connectivity index is 0. The molecule has 0 radical (unpaired) electrons. The van der Waals surface area contributed by atoms with Gasteiger partial charge in [0.15, 0.2) is 11.3 Å². The lowest BCUT2D eigenvalue weighted by atomic mass is 9.95. The summed E-state index contributed by atoms with van der Waals surface area (Å²) < 4.78 is 35.0. The fourth-order valence-electron chi connectivity index (χ4n) is 0.503. The molecular weight excluding hydrogens is 225 g/mol. The number of carbonyl (C=O) groups excluding carboxylic acids is 2. The van der Waals surface area contributed by atoms with E-state index in [0.717, 1.165) is 6.92 Å². The second kappa shape index (κ2) is 4.61. The quantitative estimate of drug-likeness (QED) is 0.681. The third-order valence-electron chi connectivity index (χ3n) is 1.45. The highest BCUT2D eigenvalue weighted by atomic mass is 35.5. The molecule has 0 aliphatic heterocycles. The molecule has 0 aliphatic carbocycles. The molecule has 14 heavy (non-hydrogen) atoms. The minimum Gasteiger partial charge on any atom is -0.368 e. The first-order chi connectivity index (χ1) is 5.57. The number of carbonyl (C=O) groups is 2. The largest absolute Gasteiger partial charge is 0.395 e. The zero-order chi connectivity index (χ0) is 10.9. The maximum Gasteiger partial charge on any atom is 0.395 e. The van der Waals surface area contributed by atoms with Crippen LogP contribution in [0.4, 0.5) is 13.2 Å². The molecule has 0 fully saturated rings. The van der Waals surface area contributed by atoms with Crippen molar-refractivity contribution in [2.24, 2.45) is 11.5 Å². The van der Waals surface area contributed by atoms with Crippen LogP contribution in [-0.4, -0.2) is 23.4 Å². The summed E-state index contributed by atoms with van der Waals surface area (Å²) in [5.74, 6) is -2.71. The summed E-state index contributed by atoms with van der Waals surface area (Å²) in [5.41, 5.74) is 7.37. The van der Waals surface area contributed by atoms with E-state index in [1.54, 1.807) is 0 Å². The number of hydrogen-bond donors (Lipinski definition) is 2. The van der Waals surface area contributed by atoms with Crippen LogP contribution in [0.2, 0.25) is 0 Å². The molecule has 0 aliphatic rings. The average molecular weight is 235 g/mol. The maximum atomic E-state index is 11.7. The van der Waals surface area contributed by atoms with Crippen LogP contribution in [0.1, 0.15) is 13.3 Å². The van der Waals surface area contributed by atoms with Crippen molar-refractivity contribution in [1.29, 1.82) is 0 Å². The molecule has 84 valence electrons. The SMILES string of the molecule is C[C@@](N)(C(N)=O)C(=O)CC(F)(F)F.Cl. The van der Waals surface area contributed by atoms with Gasteiger partial charge < -0.3 is 11.5 Å². The highest BCUT2D eigenvalue weighted by Gasteiger charge is 2.41. The van der Waals surface area contributed by atoms with Gasteiger partial charge in [0.05, 0.1) is 0 Å². The Labute approximate surface area is 84.2 Å². The van der Waals surface area contributed by atoms with Crippen molar-refractivity contribution < 1.29 is 22.8 Å². The van der Waals surface area contributed by atoms with Crippen LogP contribution in [0.5, 0.6) is 0 Å². The molecule has 1 atom stereocenters. The van der Waals surface area contributed by atoms with Crippen LogP contribution in [0.25, 0.3) is 0 Å². The van der Waals surface area contributed by atoms with Crippen molar-refractivity contribution in [2.45, 2.75) is 25.1 Å². The summed E-state index contributed by atoms with van der Waals surface area (Å²) in [4.78, 5) is 21.2. The number of amides is 1. The van der Waals surface area contributed by atoms with E-state index in [1.807, 2.05) is 0 Å². The van der Waals surface area contributed by atoms with Gasteiger partial charge in [0.2, 0.25) is 5.91 Å². The van der Waals surface area contributed by atoms with Gasteiger partial charge in [-0.15, -0.1) is 12.4 Å². The van der Waals surface area contributed by atoms with Crippen molar-refractivity contribution in [3.05, 3.63) is 0 Å². The number of ketones is 1. The van der Waals surface area contributed by atoms with Gasteiger partial charge in [0.25, 0.3) is 0 Å². The number of primary amides is 1. The maximum absolute atomic E-state index is 11.7. The molecule has 0 aromatic carbocycles. The molecule has 0 unspecified atom stereocenters. The topological polar surface area (TPSA) is 86.2 Å².